The first-order valence-electron chi connectivity index (χ1n) is 11.3. The van der Waals surface area contributed by atoms with Gasteiger partial charge in [0, 0.05) is 18.2 Å². The molecule has 1 saturated carbocycles. The molecule has 2 fully saturated rings. The standard InChI is InChI=1S/C23H31F4N3O2/c24-13-17-10-18(12-19(11-17)23(25,26)27)22(32)28-14-16-6-8-30(9-7-16)15-21(31)29-20-4-2-1-3-5-20/h10-12,16,20H,1-9,13-15H2,(H,28,32)(H,29,31). The van der Waals surface area contributed by atoms with Crippen LogP contribution in [0, 0.1) is 5.92 Å². The Balaban J connectivity index is 1.43. The number of benzene rings is 1. The van der Waals surface area contributed by atoms with E-state index in [1.165, 1.54) is 6.42 Å². The number of carbonyl (C=O) groups excluding carboxylic acids is 2. The van der Waals surface area contributed by atoms with Gasteiger partial charge in [-0.15, -0.1) is 0 Å². The molecule has 3 rings (SSSR count). The lowest BCUT2D eigenvalue weighted by atomic mass is 9.95. The lowest BCUT2D eigenvalue weighted by Gasteiger charge is -2.32. The monoisotopic (exact) mass is 457 g/mol. The molecule has 32 heavy (non-hydrogen) atoms. The highest BCUT2D eigenvalue weighted by atomic mass is 19.4. The third-order valence-corrected chi connectivity index (χ3v) is 6.33. The second-order valence-electron chi connectivity index (χ2n) is 8.88. The van der Waals surface area contributed by atoms with Crippen molar-refractivity contribution >= 4 is 11.8 Å². The summed E-state index contributed by atoms with van der Waals surface area (Å²) >= 11 is 0. The van der Waals surface area contributed by atoms with Crippen molar-refractivity contribution in [1.82, 2.24) is 15.5 Å². The predicted molar refractivity (Wildman–Crippen MR) is 113 cm³/mol. The molecule has 2 N–H and O–H groups in total. The van der Waals surface area contributed by atoms with Crippen LogP contribution >= 0.6 is 0 Å². The van der Waals surface area contributed by atoms with E-state index in [1.807, 2.05) is 0 Å². The quantitative estimate of drug-likeness (QED) is 0.607. The number of hydrogen-bond donors (Lipinski definition) is 2. The van der Waals surface area contributed by atoms with Crippen LogP contribution in [0.25, 0.3) is 0 Å². The molecule has 0 unspecified atom stereocenters. The fourth-order valence-corrected chi connectivity index (χ4v) is 4.48. The molecule has 1 aliphatic carbocycles. The van der Waals surface area contributed by atoms with Gasteiger partial charge in [-0.2, -0.15) is 13.2 Å². The normalized spacial score (nSPS) is 19.0. The number of carbonyl (C=O) groups is 2. The number of likely N-dealkylation sites (tertiary alicyclic amines) is 1. The first kappa shape index (κ1) is 24.5. The van der Waals surface area contributed by atoms with Crippen molar-refractivity contribution in [3.8, 4) is 0 Å². The largest absolute Gasteiger partial charge is 0.416 e. The Labute approximate surface area is 185 Å². The summed E-state index contributed by atoms with van der Waals surface area (Å²) in [6.45, 7) is 1.09. The smallest absolute Gasteiger partial charge is 0.352 e. The predicted octanol–water partition coefficient (Wildman–Crippen LogP) is 4.07. The van der Waals surface area contributed by atoms with Crippen molar-refractivity contribution in [2.24, 2.45) is 5.92 Å². The zero-order valence-corrected chi connectivity index (χ0v) is 18.1. The number of rotatable bonds is 7. The van der Waals surface area contributed by atoms with Gasteiger partial charge in [0.2, 0.25) is 5.91 Å². The highest BCUT2D eigenvalue weighted by Gasteiger charge is 2.32. The summed E-state index contributed by atoms with van der Waals surface area (Å²) in [6, 6.07) is 2.91. The second kappa shape index (κ2) is 11.1. The van der Waals surface area contributed by atoms with Crippen molar-refractivity contribution in [1.29, 1.82) is 0 Å². The number of halogens is 4. The maximum atomic E-state index is 13.0. The van der Waals surface area contributed by atoms with Crippen LogP contribution in [0.15, 0.2) is 18.2 Å². The molecule has 0 bridgehead atoms. The van der Waals surface area contributed by atoms with Crippen molar-refractivity contribution < 1.29 is 27.2 Å². The highest BCUT2D eigenvalue weighted by Crippen LogP contribution is 2.31. The Kier molecular flexibility index (Phi) is 8.51. The van der Waals surface area contributed by atoms with Crippen LogP contribution in [0.5, 0.6) is 0 Å². The molecule has 9 heteroatoms. The van der Waals surface area contributed by atoms with Crippen LogP contribution < -0.4 is 10.6 Å². The Bertz CT molecular complexity index is 786. The molecule has 2 amide bonds. The van der Waals surface area contributed by atoms with Gasteiger partial charge in [0.1, 0.15) is 6.67 Å². The molecule has 1 saturated heterocycles. The number of piperidine rings is 1. The Morgan fingerprint density at radius 3 is 2.31 bits per heavy atom. The molecule has 0 radical (unpaired) electrons. The van der Waals surface area contributed by atoms with E-state index in [2.05, 4.69) is 15.5 Å². The average Bonchev–Trinajstić information content (AvgIpc) is 2.78. The van der Waals surface area contributed by atoms with E-state index < -0.39 is 24.3 Å². The maximum absolute atomic E-state index is 13.0. The third kappa shape index (κ3) is 7.18. The Morgan fingerprint density at radius 2 is 1.69 bits per heavy atom. The van der Waals surface area contributed by atoms with Crippen LogP contribution in [0.1, 0.15) is 66.4 Å². The van der Waals surface area contributed by atoms with E-state index in [-0.39, 0.29) is 29.0 Å². The lowest BCUT2D eigenvalue weighted by Crippen LogP contribution is -2.46. The van der Waals surface area contributed by atoms with Gasteiger partial charge in [-0.1, -0.05) is 19.3 Å². The van der Waals surface area contributed by atoms with Gasteiger partial charge >= 0.3 is 6.18 Å². The van der Waals surface area contributed by atoms with Gasteiger partial charge in [0.05, 0.1) is 12.1 Å². The third-order valence-electron chi connectivity index (χ3n) is 6.33. The number of amides is 2. The summed E-state index contributed by atoms with van der Waals surface area (Å²) in [5.74, 6) is -0.403. The Hall–Kier alpha value is -2.16. The van der Waals surface area contributed by atoms with Gasteiger partial charge < -0.3 is 10.6 Å². The van der Waals surface area contributed by atoms with Gasteiger partial charge in [-0.3, -0.25) is 14.5 Å². The van der Waals surface area contributed by atoms with Gasteiger partial charge in [0.15, 0.2) is 0 Å². The summed E-state index contributed by atoms with van der Waals surface area (Å²) in [5, 5.41) is 5.80. The second-order valence-corrected chi connectivity index (χ2v) is 8.88. The number of hydrogen-bond acceptors (Lipinski definition) is 3. The van der Waals surface area contributed by atoms with Gasteiger partial charge in [0.25, 0.3) is 5.91 Å². The molecule has 2 aliphatic rings. The van der Waals surface area contributed by atoms with E-state index in [4.69, 9.17) is 0 Å². The van der Waals surface area contributed by atoms with Crippen molar-refractivity contribution in [3.63, 3.8) is 0 Å². The molecule has 1 aromatic carbocycles. The van der Waals surface area contributed by atoms with E-state index in [0.717, 1.165) is 69.8 Å². The molecule has 1 aromatic rings. The zero-order chi connectivity index (χ0) is 23.1. The molecule has 0 aromatic heterocycles. The SMILES string of the molecule is O=C(CN1CCC(CNC(=O)c2cc(CF)cc(C(F)(F)F)c2)CC1)NC1CCCCC1. The molecular formula is C23H31F4N3O2. The minimum absolute atomic E-state index is 0.0527. The fourth-order valence-electron chi connectivity index (χ4n) is 4.48. The zero-order valence-electron chi connectivity index (χ0n) is 18.1. The van der Waals surface area contributed by atoms with E-state index in [1.54, 1.807) is 0 Å². The van der Waals surface area contributed by atoms with Crippen molar-refractivity contribution in [2.75, 3.05) is 26.2 Å². The molecule has 0 spiro atoms. The topological polar surface area (TPSA) is 61.4 Å². The minimum Gasteiger partial charge on any atom is -0.352 e. The molecule has 0 atom stereocenters. The van der Waals surface area contributed by atoms with E-state index >= 15 is 0 Å². The maximum Gasteiger partial charge on any atom is 0.416 e. The first-order chi connectivity index (χ1) is 15.2. The van der Waals surface area contributed by atoms with Crippen LogP contribution in [0.2, 0.25) is 0 Å². The number of nitrogens with one attached hydrogen (secondary N) is 2. The molecule has 5 nitrogen and oxygen atoms in total. The average molecular weight is 458 g/mol. The summed E-state index contributed by atoms with van der Waals surface area (Å²) in [7, 11) is 0. The lowest BCUT2D eigenvalue weighted by molar-refractivity contribution is -0.137. The van der Waals surface area contributed by atoms with Gasteiger partial charge in [-0.25, -0.2) is 4.39 Å². The van der Waals surface area contributed by atoms with Crippen molar-refractivity contribution in [3.05, 3.63) is 34.9 Å². The minimum atomic E-state index is -4.64. The van der Waals surface area contributed by atoms with E-state index in [9.17, 15) is 27.2 Å². The molecule has 178 valence electrons. The highest BCUT2D eigenvalue weighted by molar-refractivity contribution is 5.94. The van der Waals surface area contributed by atoms with Crippen LogP contribution in [-0.4, -0.2) is 48.9 Å². The van der Waals surface area contributed by atoms with Crippen molar-refractivity contribution in [2.45, 2.75) is 63.8 Å². The number of alkyl halides is 4. The Morgan fingerprint density at radius 1 is 1.00 bits per heavy atom. The van der Waals surface area contributed by atoms with Gasteiger partial charge in [-0.05, 0) is 68.5 Å². The molecule has 1 heterocycles. The van der Waals surface area contributed by atoms with Crippen LogP contribution in [0.4, 0.5) is 17.6 Å². The summed E-state index contributed by atoms with van der Waals surface area (Å²) in [6.07, 6.45) is 2.59. The van der Waals surface area contributed by atoms with Crippen LogP contribution in [0.3, 0.4) is 0 Å². The van der Waals surface area contributed by atoms with Crippen LogP contribution in [-0.2, 0) is 17.6 Å². The van der Waals surface area contributed by atoms with E-state index in [0.29, 0.717) is 13.1 Å². The summed E-state index contributed by atoms with van der Waals surface area (Å²) in [4.78, 5) is 26.7. The first-order valence-corrected chi connectivity index (χ1v) is 11.3. The molecular weight excluding hydrogens is 426 g/mol. The summed E-state index contributed by atoms with van der Waals surface area (Å²) in [5.41, 5.74) is -1.40. The number of nitrogens with zero attached hydrogens (tertiary/aromatic N) is 1. The summed E-state index contributed by atoms with van der Waals surface area (Å²) < 4.78 is 51.9. The fraction of sp³-hybridized carbons (Fsp3) is 0.652. The molecule has 1 aliphatic heterocycles.